The first-order valence-electron chi connectivity index (χ1n) is 4.68. The van der Waals surface area contributed by atoms with Crippen LogP contribution in [0.15, 0.2) is 52.7 Å². The predicted molar refractivity (Wildman–Crippen MR) is 62.3 cm³/mol. The zero-order valence-electron chi connectivity index (χ0n) is 8.37. The van der Waals surface area contributed by atoms with Crippen LogP contribution in [0, 0.1) is 0 Å². The van der Waals surface area contributed by atoms with Crippen molar-refractivity contribution in [1.82, 2.24) is 0 Å². The molecule has 2 aromatic carbocycles. The van der Waals surface area contributed by atoms with E-state index in [0.717, 1.165) is 10.8 Å². The Labute approximate surface area is 95.3 Å². The summed E-state index contributed by atoms with van der Waals surface area (Å²) < 4.78 is 20.5. The molecule has 5 heteroatoms. The van der Waals surface area contributed by atoms with Crippen LogP contribution in [0.5, 0.6) is 0 Å². The summed E-state index contributed by atoms with van der Waals surface area (Å²) in [5.74, 6) is -0.299. The van der Waals surface area contributed by atoms with E-state index in [-0.39, 0.29) is 5.88 Å². The van der Waals surface area contributed by atoms with Gasteiger partial charge in [0.2, 0.25) is 0 Å². The van der Waals surface area contributed by atoms with Crippen LogP contribution in [0.2, 0.25) is 0 Å². The molecule has 0 aromatic heterocycles. The maximum Gasteiger partial charge on any atom is 0.122 e. The molecule has 0 heterocycles. The molecular formula is C11H9N2O2S-. The molecule has 0 amide bonds. The molecule has 16 heavy (non-hydrogen) atoms. The van der Waals surface area contributed by atoms with Crippen LogP contribution in [0.3, 0.4) is 0 Å². The number of nitrogens with zero attached hydrogens (tertiary/aromatic N) is 2. The van der Waals surface area contributed by atoms with Crippen molar-refractivity contribution in [2.45, 2.75) is 0 Å². The van der Waals surface area contributed by atoms with Crippen LogP contribution in [0.1, 0.15) is 0 Å². The minimum absolute atomic E-state index is 0.299. The van der Waals surface area contributed by atoms with Crippen LogP contribution < -0.4 is 0 Å². The van der Waals surface area contributed by atoms with Crippen molar-refractivity contribution in [1.29, 1.82) is 0 Å². The van der Waals surface area contributed by atoms with Crippen molar-refractivity contribution in [3.05, 3.63) is 42.5 Å². The zero-order chi connectivity index (χ0) is 11.4. The van der Waals surface area contributed by atoms with Gasteiger partial charge in [-0.25, -0.2) is 0 Å². The third-order valence-electron chi connectivity index (χ3n) is 2.08. The first-order chi connectivity index (χ1) is 7.75. The Kier molecular flexibility index (Phi) is 3.38. The highest BCUT2D eigenvalue weighted by atomic mass is 32.2. The summed E-state index contributed by atoms with van der Waals surface area (Å²) in [5.41, 5.74) is 0.657. The second kappa shape index (κ2) is 4.96. The summed E-state index contributed by atoms with van der Waals surface area (Å²) in [6.07, 6.45) is 0. The molecule has 0 saturated heterocycles. The number of rotatable bonds is 3. The maximum atomic E-state index is 10.2. The molecular weight excluding hydrogens is 224 g/mol. The van der Waals surface area contributed by atoms with E-state index in [1.165, 1.54) is 0 Å². The van der Waals surface area contributed by atoms with E-state index in [2.05, 4.69) is 10.2 Å². The van der Waals surface area contributed by atoms with E-state index in [1.807, 2.05) is 36.4 Å². The summed E-state index contributed by atoms with van der Waals surface area (Å²) in [6, 6.07) is 13.5. The van der Waals surface area contributed by atoms with Gasteiger partial charge in [-0.1, -0.05) is 30.3 Å². The Balaban J connectivity index is 2.26. The van der Waals surface area contributed by atoms with E-state index in [9.17, 15) is 8.76 Å². The highest BCUT2D eigenvalue weighted by molar-refractivity contribution is 7.79. The van der Waals surface area contributed by atoms with Crippen molar-refractivity contribution in [2.75, 3.05) is 5.88 Å². The molecule has 2 aromatic rings. The summed E-state index contributed by atoms with van der Waals surface area (Å²) in [5, 5.41) is 9.57. The first kappa shape index (κ1) is 10.9. The van der Waals surface area contributed by atoms with Gasteiger partial charge in [0.25, 0.3) is 0 Å². The number of benzene rings is 2. The molecule has 2 rings (SSSR count). The topological polar surface area (TPSA) is 64.8 Å². The molecule has 4 nitrogen and oxygen atoms in total. The second-order valence-electron chi connectivity index (χ2n) is 3.21. The fraction of sp³-hybridized carbons (Fsp3) is 0.0909. The zero-order valence-corrected chi connectivity index (χ0v) is 9.18. The second-order valence-corrected chi connectivity index (χ2v) is 4.07. The van der Waals surface area contributed by atoms with Crippen molar-refractivity contribution in [2.24, 2.45) is 10.2 Å². The van der Waals surface area contributed by atoms with Gasteiger partial charge in [0.1, 0.15) is 5.88 Å². The smallest absolute Gasteiger partial charge is 0.122 e. The van der Waals surface area contributed by atoms with Gasteiger partial charge in [0, 0.05) is 0 Å². The van der Waals surface area contributed by atoms with Gasteiger partial charge < -0.3 is 4.55 Å². The monoisotopic (exact) mass is 233 g/mol. The van der Waals surface area contributed by atoms with Crippen molar-refractivity contribution < 1.29 is 8.76 Å². The van der Waals surface area contributed by atoms with Crippen LogP contribution >= 0.6 is 0 Å². The number of hydrogen-bond acceptors (Lipinski definition) is 4. The average molecular weight is 233 g/mol. The molecule has 1 atom stereocenters. The molecule has 82 valence electrons. The minimum Gasteiger partial charge on any atom is -0.771 e. The Bertz CT molecular complexity index is 554. The number of azo groups is 1. The van der Waals surface area contributed by atoms with Crippen LogP contribution in [-0.4, -0.2) is 14.6 Å². The van der Waals surface area contributed by atoms with E-state index >= 15 is 0 Å². The van der Waals surface area contributed by atoms with Crippen molar-refractivity contribution in [3.63, 3.8) is 0 Å². The lowest BCUT2D eigenvalue weighted by Crippen LogP contribution is -1.88. The minimum atomic E-state index is -2.18. The Morgan fingerprint density at radius 1 is 1.12 bits per heavy atom. The quantitative estimate of drug-likeness (QED) is 0.604. The summed E-state index contributed by atoms with van der Waals surface area (Å²) in [7, 11) is 0. The third kappa shape index (κ3) is 2.71. The SMILES string of the molecule is O=S([O-])CN=Nc1ccc2ccccc2c1. The first-order valence-corrected chi connectivity index (χ1v) is 5.92. The summed E-state index contributed by atoms with van der Waals surface area (Å²) in [4.78, 5) is 0. The van der Waals surface area contributed by atoms with Gasteiger partial charge in [-0.05, 0) is 34.0 Å². The lowest BCUT2D eigenvalue weighted by atomic mass is 10.1. The lowest BCUT2D eigenvalue weighted by Gasteiger charge is -1.99. The lowest BCUT2D eigenvalue weighted by molar-refractivity contribution is 0.536. The highest BCUT2D eigenvalue weighted by Gasteiger charge is 1.93. The van der Waals surface area contributed by atoms with Gasteiger partial charge in [0.15, 0.2) is 0 Å². The Morgan fingerprint density at radius 3 is 2.62 bits per heavy atom. The molecule has 0 aliphatic rings. The molecule has 0 spiro atoms. The highest BCUT2D eigenvalue weighted by Crippen LogP contribution is 2.21. The third-order valence-corrected chi connectivity index (χ3v) is 2.41. The van der Waals surface area contributed by atoms with Crippen LogP contribution in [0.25, 0.3) is 10.8 Å². The Hall–Kier alpha value is -1.59. The molecule has 0 fully saturated rings. The molecule has 0 N–H and O–H groups in total. The largest absolute Gasteiger partial charge is 0.771 e. The predicted octanol–water partition coefficient (Wildman–Crippen LogP) is 2.76. The van der Waals surface area contributed by atoms with Gasteiger partial charge in [-0.15, -0.1) is 0 Å². The standard InChI is InChI=1S/C11H10N2O2S/c14-16(15)8-12-13-11-6-5-9-3-1-2-4-10(9)7-11/h1-7H,8H2,(H,14,15)/p-1. The fourth-order valence-electron chi connectivity index (χ4n) is 1.40. The molecule has 0 radical (unpaired) electrons. The molecule has 0 aliphatic heterocycles. The van der Waals surface area contributed by atoms with Gasteiger partial charge in [-0.3, -0.25) is 4.21 Å². The number of hydrogen-bond donors (Lipinski definition) is 0. The van der Waals surface area contributed by atoms with Gasteiger partial charge in [-0.2, -0.15) is 10.2 Å². The van der Waals surface area contributed by atoms with Crippen LogP contribution in [-0.2, 0) is 11.1 Å². The van der Waals surface area contributed by atoms with Crippen LogP contribution in [0.4, 0.5) is 5.69 Å². The summed E-state index contributed by atoms with van der Waals surface area (Å²) in [6.45, 7) is 0. The van der Waals surface area contributed by atoms with E-state index in [4.69, 9.17) is 0 Å². The van der Waals surface area contributed by atoms with Gasteiger partial charge in [0.05, 0.1) is 5.69 Å². The molecule has 0 bridgehead atoms. The fourth-order valence-corrected chi connectivity index (χ4v) is 1.55. The Morgan fingerprint density at radius 2 is 1.88 bits per heavy atom. The molecule has 0 aliphatic carbocycles. The van der Waals surface area contributed by atoms with E-state index < -0.39 is 11.1 Å². The van der Waals surface area contributed by atoms with E-state index in [0.29, 0.717) is 5.69 Å². The van der Waals surface area contributed by atoms with E-state index in [1.54, 1.807) is 6.07 Å². The van der Waals surface area contributed by atoms with Crippen molar-refractivity contribution in [3.8, 4) is 0 Å². The molecule has 0 saturated carbocycles. The van der Waals surface area contributed by atoms with Gasteiger partial charge >= 0.3 is 0 Å². The number of fused-ring (bicyclic) bond motifs is 1. The summed E-state index contributed by atoms with van der Waals surface area (Å²) >= 11 is -2.18. The van der Waals surface area contributed by atoms with Crippen molar-refractivity contribution >= 4 is 27.5 Å². The average Bonchev–Trinajstić information content (AvgIpc) is 2.28. The molecule has 1 unspecified atom stereocenters. The maximum absolute atomic E-state index is 10.2. The normalized spacial score (nSPS) is 13.3.